The van der Waals surface area contributed by atoms with E-state index in [2.05, 4.69) is 20.6 Å². The SMILES string of the molecule is CCNC(=O)CN(CC)c1nc(NC)nc2ccccc12. The monoisotopic (exact) mass is 287 g/mol. The van der Waals surface area contributed by atoms with Crippen LogP contribution in [0.4, 0.5) is 11.8 Å². The maximum absolute atomic E-state index is 11.9. The summed E-state index contributed by atoms with van der Waals surface area (Å²) in [5, 5.41) is 6.73. The third-order valence-corrected chi connectivity index (χ3v) is 3.20. The van der Waals surface area contributed by atoms with Gasteiger partial charge in [0.25, 0.3) is 0 Å². The van der Waals surface area contributed by atoms with Gasteiger partial charge in [0, 0.05) is 25.5 Å². The molecule has 0 atom stereocenters. The van der Waals surface area contributed by atoms with Gasteiger partial charge in [-0.05, 0) is 26.0 Å². The van der Waals surface area contributed by atoms with Crippen molar-refractivity contribution < 1.29 is 4.79 Å². The first-order valence-corrected chi connectivity index (χ1v) is 7.15. The molecule has 0 saturated heterocycles. The Morgan fingerprint density at radius 2 is 2.00 bits per heavy atom. The van der Waals surface area contributed by atoms with E-state index in [4.69, 9.17) is 0 Å². The lowest BCUT2D eigenvalue weighted by Crippen LogP contribution is -2.37. The van der Waals surface area contributed by atoms with Gasteiger partial charge >= 0.3 is 0 Å². The molecule has 1 aromatic heterocycles. The van der Waals surface area contributed by atoms with Gasteiger partial charge in [-0.15, -0.1) is 0 Å². The molecule has 0 spiro atoms. The number of rotatable bonds is 6. The fraction of sp³-hybridized carbons (Fsp3) is 0.400. The molecule has 6 heteroatoms. The highest BCUT2D eigenvalue weighted by molar-refractivity contribution is 5.92. The van der Waals surface area contributed by atoms with Crippen LogP contribution in [0, 0.1) is 0 Å². The van der Waals surface area contributed by atoms with Crippen LogP contribution in [0.2, 0.25) is 0 Å². The number of aromatic nitrogens is 2. The molecule has 1 aromatic carbocycles. The van der Waals surface area contributed by atoms with Crippen molar-refractivity contribution in [2.75, 3.05) is 36.9 Å². The number of likely N-dealkylation sites (N-methyl/N-ethyl adjacent to an activating group) is 2. The van der Waals surface area contributed by atoms with Crippen LogP contribution in [0.3, 0.4) is 0 Å². The van der Waals surface area contributed by atoms with Crippen LogP contribution in [-0.2, 0) is 4.79 Å². The minimum atomic E-state index is -0.00643. The van der Waals surface area contributed by atoms with Gasteiger partial charge < -0.3 is 15.5 Å². The van der Waals surface area contributed by atoms with Gasteiger partial charge in [-0.2, -0.15) is 4.98 Å². The molecule has 0 unspecified atom stereocenters. The second kappa shape index (κ2) is 6.88. The van der Waals surface area contributed by atoms with E-state index < -0.39 is 0 Å². The fourth-order valence-electron chi connectivity index (χ4n) is 2.18. The summed E-state index contributed by atoms with van der Waals surface area (Å²) in [6.45, 7) is 5.53. The summed E-state index contributed by atoms with van der Waals surface area (Å²) in [5.74, 6) is 1.32. The highest BCUT2D eigenvalue weighted by Crippen LogP contribution is 2.24. The first kappa shape index (κ1) is 15.0. The first-order chi connectivity index (χ1) is 10.2. The van der Waals surface area contributed by atoms with E-state index in [9.17, 15) is 4.79 Å². The molecule has 6 nitrogen and oxygen atoms in total. The molecule has 0 aliphatic rings. The van der Waals surface area contributed by atoms with Crippen LogP contribution < -0.4 is 15.5 Å². The summed E-state index contributed by atoms with van der Waals surface area (Å²) >= 11 is 0. The molecule has 1 heterocycles. The zero-order valence-corrected chi connectivity index (χ0v) is 12.7. The highest BCUT2D eigenvalue weighted by atomic mass is 16.2. The minimum Gasteiger partial charge on any atom is -0.357 e. The van der Waals surface area contributed by atoms with E-state index in [1.165, 1.54) is 0 Å². The van der Waals surface area contributed by atoms with Crippen molar-refractivity contribution in [2.45, 2.75) is 13.8 Å². The number of benzene rings is 1. The molecule has 112 valence electrons. The molecule has 0 radical (unpaired) electrons. The molecule has 21 heavy (non-hydrogen) atoms. The summed E-state index contributed by atoms with van der Waals surface area (Å²) in [6.07, 6.45) is 0. The van der Waals surface area contributed by atoms with Gasteiger partial charge in [0.05, 0.1) is 12.1 Å². The normalized spacial score (nSPS) is 10.4. The van der Waals surface area contributed by atoms with Crippen LogP contribution >= 0.6 is 0 Å². The number of nitrogens with zero attached hydrogens (tertiary/aromatic N) is 3. The average molecular weight is 287 g/mol. The zero-order valence-electron chi connectivity index (χ0n) is 12.7. The Morgan fingerprint density at radius 3 is 2.67 bits per heavy atom. The second-order valence-corrected chi connectivity index (χ2v) is 4.61. The van der Waals surface area contributed by atoms with E-state index in [1.807, 2.05) is 43.0 Å². The fourth-order valence-corrected chi connectivity index (χ4v) is 2.18. The van der Waals surface area contributed by atoms with Crippen molar-refractivity contribution in [3.05, 3.63) is 24.3 Å². The van der Waals surface area contributed by atoms with Crippen LogP contribution in [0.25, 0.3) is 10.9 Å². The standard InChI is InChI=1S/C15H21N5O/c1-4-17-13(21)10-20(5-2)14-11-8-6-7-9-12(11)18-15(16-3)19-14/h6-9H,4-5,10H2,1-3H3,(H,17,21)(H,16,18,19). The molecular weight excluding hydrogens is 266 g/mol. The van der Waals surface area contributed by atoms with Gasteiger partial charge in [0.15, 0.2) is 0 Å². The Kier molecular flexibility index (Phi) is 4.92. The Morgan fingerprint density at radius 1 is 1.24 bits per heavy atom. The number of fused-ring (bicyclic) bond motifs is 1. The quantitative estimate of drug-likeness (QED) is 0.845. The van der Waals surface area contributed by atoms with Crippen molar-refractivity contribution in [3.8, 4) is 0 Å². The Bertz CT molecular complexity index is 628. The maximum atomic E-state index is 11.9. The third-order valence-electron chi connectivity index (χ3n) is 3.20. The van der Waals surface area contributed by atoms with Crippen LogP contribution in [0.15, 0.2) is 24.3 Å². The zero-order chi connectivity index (χ0) is 15.2. The van der Waals surface area contributed by atoms with E-state index >= 15 is 0 Å². The van der Waals surface area contributed by atoms with Crippen molar-refractivity contribution in [1.29, 1.82) is 0 Å². The number of anilines is 2. The molecule has 1 amide bonds. The highest BCUT2D eigenvalue weighted by Gasteiger charge is 2.15. The van der Waals surface area contributed by atoms with Gasteiger partial charge in [0.2, 0.25) is 11.9 Å². The number of hydrogen-bond donors (Lipinski definition) is 2. The second-order valence-electron chi connectivity index (χ2n) is 4.61. The van der Waals surface area contributed by atoms with Crippen LogP contribution in [0.5, 0.6) is 0 Å². The van der Waals surface area contributed by atoms with Gasteiger partial charge in [-0.25, -0.2) is 4.98 Å². The Balaban J connectivity index is 2.44. The topological polar surface area (TPSA) is 70.2 Å². The van der Waals surface area contributed by atoms with Gasteiger partial charge in [0.1, 0.15) is 5.82 Å². The average Bonchev–Trinajstić information content (AvgIpc) is 2.51. The molecule has 2 N–H and O–H groups in total. The summed E-state index contributed by atoms with van der Waals surface area (Å²) in [5.41, 5.74) is 0.862. The Labute approximate surface area is 124 Å². The van der Waals surface area contributed by atoms with Gasteiger partial charge in [-0.3, -0.25) is 4.79 Å². The largest absolute Gasteiger partial charge is 0.357 e. The maximum Gasteiger partial charge on any atom is 0.239 e. The number of amides is 1. The molecule has 0 fully saturated rings. The third kappa shape index (κ3) is 3.39. The molecule has 0 bridgehead atoms. The molecule has 2 aromatic rings. The first-order valence-electron chi connectivity index (χ1n) is 7.15. The van der Waals surface area contributed by atoms with E-state index in [0.717, 1.165) is 16.7 Å². The molecule has 0 aliphatic heterocycles. The molecular formula is C15H21N5O. The molecule has 0 aliphatic carbocycles. The number of nitrogens with one attached hydrogen (secondary N) is 2. The van der Waals surface area contributed by atoms with E-state index in [0.29, 0.717) is 19.0 Å². The van der Waals surface area contributed by atoms with E-state index in [1.54, 1.807) is 7.05 Å². The lowest BCUT2D eigenvalue weighted by atomic mass is 10.2. The van der Waals surface area contributed by atoms with Crippen LogP contribution in [-0.4, -0.2) is 42.6 Å². The molecule has 2 rings (SSSR count). The van der Waals surface area contributed by atoms with Crippen molar-refractivity contribution in [1.82, 2.24) is 15.3 Å². The van der Waals surface area contributed by atoms with E-state index in [-0.39, 0.29) is 12.5 Å². The summed E-state index contributed by atoms with van der Waals surface area (Å²) < 4.78 is 0. The number of carbonyl (C=O) groups is 1. The van der Waals surface area contributed by atoms with Gasteiger partial charge in [-0.1, -0.05) is 12.1 Å². The molecule has 0 saturated carbocycles. The minimum absolute atomic E-state index is 0.00643. The number of para-hydroxylation sites is 1. The lowest BCUT2D eigenvalue weighted by Gasteiger charge is -2.23. The number of carbonyl (C=O) groups excluding carboxylic acids is 1. The Hall–Kier alpha value is -2.37. The summed E-state index contributed by atoms with van der Waals surface area (Å²) in [7, 11) is 1.79. The summed E-state index contributed by atoms with van der Waals surface area (Å²) in [4.78, 5) is 22.8. The van der Waals surface area contributed by atoms with Crippen molar-refractivity contribution in [2.24, 2.45) is 0 Å². The van der Waals surface area contributed by atoms with Crippen molar-refractivity contribution >= 4 is 28.6 Å². The predicted molar refractivity (Wildman–Crippen MR) is 85.7 cm³/mol. The lowest BCUT2D eigenvalue weighted by molar-refractivity contribution is -0.119. The number of hydrogen-bond acceptors (Lipinski definition) is 5. The summed E-state index contributed by atoms with van der Waals surface area (Å²) in [6, 6.07) is 7.82. The predicted octanol–water partition coefficient (Wildman–Crippen LogP) is 1.63. The van der Waals surface area contributed by atoms with Crippen LogP contribution in [0.1, 0.15) is 13.8 Å². The van der Waals surface area contributed by atoms with Crippen molar-refractivity contribution in [3.63, 3.8) is 0 Å². The smallest absolute Gasteiger partial charge is 0.239 e.